The molecule has 1 aliphatic heterocycles. The summed E-state index contributed by atoms with van der Waals surface area (Å²) in [7, 11) is 0. The van der Waals surface area contributed by atoms with Crippen LogP contribution in [-0.2, 0) is 25.5 Å². The highest BCUT2D eigenvalue weighted by Crippen LogP contribution is 2.20. The fourth-order valence-corrected chi connectivity index (χ4v) is 2.82. The molecule has 1 heterocycles. The quantitative estimate of drug-likeness (QED) is 0.590. The molecule has 0 aromatic heterocycles. The van der Waals surface area contributed by atoms with Crippen LogP contribution in [0.4, 0.5) is 14.5 Å². The van der Waals surface area contributed by atoms with Gasteiger partial charge in [0.05, 0.1) is 18.5 Å². The Hall–Kier alpha value is -3.62. The number of fused-ring (bicyclic) bond motifs is 1. The third kappa shape index (κ3) is 4.81. The van der Waals surface area contributed by atoms with Crippen LogP contribution in [0.3, 0.4) is 0 Å². The summed E-state index contributed by atoms with van der Waals surface area (Å²) in [6, 6.07) is 9.32. The minimum Gasteiger partial charge on any atom is -0.456 e. The van der Waals surface area contributed by atoms with Crippen LogP contribution in [0.1, 0.15) is 22.3 Å². The van der Waals surface area contributed by atoms with Crippen LogP contribution >= 0.6 is 0 Å². The van der Waals surface area contributed by atoms with E-state index in [4.69, 9.17) is 4.74 Å². The van der Waals surface area contributed by atoms with E-state index in [1.807, 2.05) is 0 Å². The SMILES string of the molecule is O=C(COC(=O)CCN1C(=O)Cc2ccccc2C1=O)Nc1ccc(F)cc1F. The summed E-state index contributed by atoms with van der Waals surface area (Å²) in [5, 5.41) is 2.15. The number of hydrogen-bond donors (Lipinski definition) is 1. The van der Waals surface area contributed by atoms with Gasteiger partial charge in [0.2, 0.25) is 5.91 Å². The van der Waals surface area contributed by atoms with Gasteiger partial charge in [-0.05, 0) is 23.8 Å². The van der Waals surface area contributed by atoms with Gasteiger partial charge < -0.3 is 10.1 Å². The minimum atomic E-state index is -0.966. The molecule has 0 unspecified atom stereocenters. The van der Waals surface area contributed by atoms with E-state index in [0.29, 0.717) is 17.2 Å². The highest BCUT2D eigenvalue weighted by atomic mass is 19.1. The first-order valence-electron chi connectivity index (χ1n) is 8.68. The summed E-state index contributed by atoms with van der Waals surface area (Å²) in [6.45, 7) is -0.876. The zero-order valence-electron chi connectivity index (χ0n) is 15.1. The lowest BCUT2D eigenvalue weighted by Gasteiger charge is -2.26. The number of ether oxygens (including phenoxy) is 1. The van der Waals surface area contributed by atoms with Gasteiger partial charge in [-0.25, -0.2) is 8.78 Å². The minimum absolute atomic E-state index is 0.0581. The Balaban J connectivity index is 1.48. The summed E-state index contributed by atoms with van der Waals surface area (Å²) in [5.74, 6) is -4.30. The molecule has 0 bridgehead atoms. The molecule has 2 aromatic carbocycles. The summed E-state index contributed by atoms with van der Waals surface area (Å²) in [6.07, 6.45) is -0.236. The zero-order chi connectivity index (χ0) is 21.0. The summed E-state index contributed by atoms with van der Waals surface area (Å²) in [5.41, 5.74) is 0.780. The standard InChI is InChI=1S/C20H16F2N2O5/c21-13-5-6-16(15(22)10-13)23-17(25)11-29-19(27)7-8-24-18(26)9-12-3-1-2-4-14(12)20(24)28/h1-6,10H,7-9,11H2,(H,23,25). The van der Waals surface area contributed by atoms with Gasteiger partial charge in [-0.3, -0.25) is 24.1 Å². The van der Waals surface area contributed by atoms with E-state index in [-0.39, 0.29) is 25.1 Å². The maximum Gasteiger partial charge on any atom is 0.308 e. The van der Waals surface area contributed by atoms with Crippen LogP contribution in [0, 0.1) is 11.6 Å². The Morgan fingerprint density at radius 2 is 1.86 bits per heavy atom. The molecule has 0 spiro atoms. The summed E-state index contributed by atoms with van der Waals surface area (Å²) >= 11 is 0. The van der Waals surface area contributed by atoms with Crippen molar-refractivity contribution in [3.63, 3.8) is 0 Å². The van der Waals surface area contributed by atoms with Gasteiger partial charge in [0, 0.05) is 18.2 Å². The average Bonchev–Trinajstić information content (AvgIpc) is 2.68. The average molecular weight is 402 g/mol. The molecule has 0 saturated heterocycles. The molecule has 2 aromatic rings. The zero-order valence-corrected chi connectivity index (χ0v) is 15.1. The van der Waals surface area contributed by atoms with Crippen LogP contribution in [-0.4, -0.2) is 41.7 Å². The molecule has 9 heteroatoms. The number of halogens is 2. The molecule has 29 heavy (non-hydrogen) atoms. The topological polar surface area (TPSA) is 92.8 Å². The monoisotopic (exact) mass is 402 g/mol. The van der Waals surface area contributed by atoms with E-state index in [1.54, 1.807) is 24.3 Å². The smallest absolute Gasteiger partial charge is 0.308 e. The third-order valence-corrected chi connectivity index (χ3v) is 4.24. The molecule has 1 aliphatic rings. The lowest BCUT2D eigenvalue weighted by atomic mass is 9.98. The van der Waals surface area contributed by atoms with Gasteiger partial charge >= 0.3 is 5.97 Å². The number of hydrogen-bond acceptors (Lipinski definition) is 5. The number of carbonyl (C=O) groups is 4. The van der Waals surface area contributed by atoms with Crippen molar-refractivity contribution in [2.75, 3.05) is 18.5 Å². The maximum absolute atomic E-state index is 13.5. The number of rotatable bonds is 6. The number of carbonyl (C=O) groups excluding carboxylic acids is 4. The molecule has 0 fully saturated rings. The second-order valence-corrected chi connectivity index (χ2v) is 6.27. The first kappa shape index (κ1) is 20.1. The molecule has 0 aliphatic carbocycles. The van der Waals surface area contributed by atoms with Crippen molar-refractivity contribution in [1.82, 2.24) is 4.90 Å². The number of esters is 1. The first-order chi connectivity index (χ1) is 13.8. The van der Waals surface area contributed by atoms with Crippen LogP contribution in [0.2, 0.25) is 0 Å². The molecule has 1 N–H and O–H groups in total. The fraction of sp³-hybridized carbons (Fsp3) is 0.200. The third-order valence-electron chi connectivity index (χ3n) is 4.24. The van der Waals surface area contributed by atoms with Crippen LogP contribution in [0.5, 0.6) is 0 Å². The molecule has 7 nitrogen and oxygen atoms in total. The molecule has 0 atom stereocenters. The van der Waals surface area contributed by atoms with Crippen molar-refractivity contribution in [2.24, 2.45) is 0 Å². The second-order valence-electron chi connectivity index (χ2n) is 6.27. The molecule has 150 valence electrons. The van der Waals surface area contributed by atoms with E-state index in [9.17, 15) is 28.0 Å². The Kier molecular flexibility index (Phi) is 5.96. The maximum atomic E-state index is 13.5. The normalized spacial score (nSPS) is 13.1. The van der Waals surface area contributed by atoms with Crippen molar-refractivity contribution in [3.05, 3.63) is 65.2 Å². The number of amides is 3. The van der Waals surface area contributed by atoms with Crippen LogP contribution < -0.4 is 5.32 Å². The Labute approximate surface area is 164 Å². The molecular weight excluding hydrogens is 386 g/mol. The number of imide groups is 1. The number of nitrogens with one attached hydrogen (secondary N) is 1. The van der Waals surface area contributed by atoms with Crippen molar-refractivity contribution in [1.29, 1.82) is 0 Å². The van der Waals surface area contributed by atoms with Gasteiger partial charge in [0.15, 0.2) is 6.61 Å². The van der Waals surface area contributed by atoms with Gasteiger partial charge in [0.1, 0.15) is 11.6 Å². The Bertz CT molecular complexity index is 993. The van der Waals surface area contributed by atoms with E-state index in [1.165, 1.54) is 0 Å². The molecule has 0 saturated carbocycles. The first-order valence-corrected chi connectivity index (χ1v) is 8.68. The predicted octanol–water partition coefficient (Wildman–Crippen LogP) is 2.06. The van der Waals surface area contributed by atoms with Gasteiger partial charge in [-0.15, -0.1) is 0 Å². The van der Waals surface area contributed by atoms with Crippen molar-refractivity contribution < 1.29 is 32.7 Å². The lowest BCUT2D eigenvalue weighted by Crippen LogP contribution is -2.43. The van der Waals surface area contributed by atoms with Crippen molar-refractivity contribution >= 4 is 29.4 Å². The Morgan fingerprint density at radius 3 is 2.62 bits per heavy atom. The largest absolute Gasteiger partial charge is 0.456 e. The van der Waals surface area contributed by atoms with Crippen LogP contribution in [0.25, 0.3) is 0 Å². The molecular formula is C20H16F2N2O5. The highest BCUT2D eigenvalue weighted by molar-refractivity contribution is 6.09. The lowest BCUT2D eigenvalue weighted by molar-refractivity contribution is -0.147. The van der Waals surface area contributed by atoms with E-state index >= 15 is 0 Å². The Morgan fingerprint density at radius 1 is 1.10 bits per heavy atom. The van der Waals surface area contributed by atoms with Gasteiger partial charge in [0.25, 0.3) is 11.8 Å². The van der Waals surface area contributed by atoms with Crippen molar-refractivity contribution in [3.8, 4) is 0 Å². The second kappa shape index (κ2) is 8.59. The predicted molar refractivity (Wildman–Crippen MR) is 96.8 cm³/mol. The van der Waals surface area contributed by atoms with Gasteiger partial charge in [-0.1, -0.05) is 18.2 Å². The van der Waals surface area contributed by atoms with E-state index < -0.39 is 41.9 Å². The number of nitrogens with zero attached hydrogens (tertiary/aromatic N) is 1. The van der Waals surface area contributed by atoms with Crippen LogP contribution in [0.15, 0.2) is 42.5 Å². The highest BCUT2D eigenvalue weighted by Gasteiger charge is 2.30. The molecule has 3 amide bonds. The molecule has 0 radical (unpaired) electrons. The molecule has 3 rings (SSSR count). The number of anilines is 1. The van der Waals surface area contributed by atoms with Gasteiger partial charge in [-0.2, -0.15) is 0 Å². The summed E-state index contributed by atoms with van der Waals surface area (Å²) in [4.78, 5) is 49.1. The van der Waals surface area contributed by atoms with E-state index in [2.05, 4.69) is 5.32 Å². The summed E-state index contributed by atoms with van der Waals surface area (Å²) < 4.78 is 31.1. The van der Waals surface area contributed by atoms with Crippen molar-refractivity contribution in [2.45, 2.75) is 12.8 Å². The fourth-order valence-electron chi connectivity index (χ4n) is 2.82. The van der Waals surface area contributed by atoms with E-state index in [0.717, 1.165) is 17.0 Å². The number of benzene rings is 2.